The third kappa shape index (κ3) is 3.31. The van der Waals surface area contributed by atoms with Crippen LogP contribution in [0.4, 0.5) is 8.78 Å². The van der Waals surface area contributed by atoms with Crippen molar-refractivity contribution in [1.29, 1.82) is 0 Å². The molecule has 0 saturated carbocycles. The Labute approximate surface area is 115 Å². The van der Waals surface area contributed by atoms with Gasteiger partial charge in [0.15, 0.2) is 0 Å². The van der Waals surface area contributed by atoms with Crippen LogP contribution >= 0.6 is 11.6 Å². The Morgan fingerprint density at radius 2 is 1.89 bits per heavy atom. The number of hydrogen-bond donors (Lipinski definition) is 1. The first-order valence-electron chi connectivity index (χ1n) is 5.85. The fourth-order valence-electron chi connectivity index (χ4n) is 1.95. The molecule has 0 amide bonds. The lowest BCUT2D eigenvalue weighted by atomic mass is 9.98. The van der Waals surface area contributed by atoms with Crippen LogP contribution in [0.5, 0.6) is 0 Å². The van der Waals surface area contributed by atoms with E-state index in [4.69, 9.17) is 11.6 Å². The first-order chi connectivity index (χ1) is 8.97. The van der Waals surface area contributed by atoms with Crippen molar-refractivity contribution >= 4 is 11.6 Å². The van der Waals surface area contributed by atoms with Gasteiger partial charge in [-0.15, -0.1) is 0 Å². The molecule has 0 heterocycles. The van der Waals surface area contributed by atoms with E-state index in [0.29, 0.717) is 5.56 Å². The SMILES string of the molecule is Cc1ccc(F)cc1CC(O)c1ccc(Cl)cc1F. The Balaban J connectivity index is 2.25. The molecule has 0 aromatic heterocycles. The van der Waals surface area contributed by atoms with E-state index in [1.807, 2.05) is 6.92 Å². The van der Waals surface area contributed by atoms with Crippen molar-refractivity contribution in [3.63, 3.8) is 0 Å². The highest BCUT2D eigenvalue weighted by Gasteiger charge is 2.15. The number of hydrogen-bond acceptors (Lipinski definition) is 1. The van der Waals surface area contributed by atoms with Crippen molar-refractivity contribution in [1.82, 2.24) is 0 Å². The predicted molar refractivity (Wildman–Crippen MR) is 71.2 cm³/mol. The van der Waals surface area contributed by atoms with E-state index in [2.05, 4.69) is 0 Å². The van der Waals surface area contributed by atoms with Crippen LogP contribution in [0.2, 0.25) is 5.02 Å². The molecule has 100 valence electrons. The van der Waals surface area contributed by atoms with Gasteiger partial charge in [0, 0.05) is 17.0 Å². The zero-order valence-electron chi connectivity index (χ0n) is 10.3. The standard InChI is InChI=1S/C15H13ClF2O/c1-9-2-4-12(17)6-10(9)7-15(19)13-5-3-11(16)8-14(13)18/h2-6,8,15,19H,7H2,1H3. The first-order valence-corrected chi connectivity index (χ1v) is 6.23. The summed E-state index contributed by atoms with van der Waals surface area (Å²) in [6.45, 7) is 1.82. The van der Waals surface area contributed by atoms with Gasteiger partial charge in [-0.3, -0.25) is 0 Å². The van der Waals surface area contributed by atoms with Crippen LogP contribution in [0.3, 0.4) is 0 Å². The van der Waals surface area contributed by atoms with Crippen LogP contribution in [0, 0.1) is 18.6 Å². The van der Waals surface area contributed by atoms with Gasteiger partial charge in [-0.1, -0.05) is 23.7 Å². The van der Waals surface area contributed by atoms with Crippen molar-refractivity contribution in [3.8, 4) is 0 Å². The van der Waals surface area contributed by atoms with Crippen LogP contribution in [0.15, 0.2) is 36.4 Å². The summed E-state index contributed by atoms with van der Waals surface area (Å²) in [4.78, 5) is 0. The van der Waals surface area contributed by atoms with E-state index < -0.39 is 11.9 Å². The van der Waals surface area contributed by atoms with E-state index in [9.17, 15) is 13.9 Å². The second kappa shape index (κ2) is 5.68. The van der Waals surface area contributed by atoms with E-state index in [1.165, 1.54) is 24.3 Å². The summed E-state index contributed by atoms with van der Waals surface area (Å²) in [5, 5.41) is 10.3. The first kappa shape index (κ1) is 14.0. The summed E-state index contributed by atoms with van der Waals surface area (Å²) in [7, 11) is 0. The minimum atomic E-state index is -1.03. The van der Waals surface area contributed by atoms with Crippen molar-refractivity contribution in [3.05, 3.63) is 69.7 Å². The van der Waals surface area contributed by atoms with Gasteiger partial charge in [0.05, 0.1) is 6.10 Å². The zero-order chi connectivity index (χ0) is 14.0. The second-order valence-corrected chi connectivity index (χ2v) is 4.89. The number of aryl methyl sites for hydroxylation is 1. The summed E-state index contributed by atoms with van der Waals surface area (Å²) in [5.41, 5.74) is 1.67. The molecule has 1 atom stereocenters. The largest absolute Gasteiger partial charge is 0.388 e. The van der Waals surface area contributed by atoms with E-state index >= 15 is 0 Å². The van der Waals surface area contributed by atoms with Crippen LogP contribution in [-0.2, 0) is 6.42 Å². The molecule has 0 radical (unpaired) electrons. The monoisotopic (exact) mass is 282 g/mol. The van der Waals surface area contributed by atoms with Gasteiger partial charge >= 0.3 is 0 Å². The zero-order valence-corrected chi connectivity index (χ0v) is 11.1. The van der Waals surface area contributed by atoms with E-state index in [0.717, 1.165) is 11.6 Å². The molecule has 2 rings (SSSR count). The predicted octanol–water partition coefficient (Wildman–Crippen LogP) is 4.20. The molecule has 0 aliphatic heterocycles. The van der Waals surface area contributed by atoms with E-state index in [1.54, 1.807) is 6.07 Å². The third-order valence-corrected chi connectivity index (χ3v) is 3.28. The molecular weight excluding hydrogens is 270 g/mol. The van der Waals surface area contributed by atoms with Gasteiger partial charge in [-0.05, 0) is 42.3 Å². The molecule has 2 aromatic rings. The Hall–Kier alpha value is -1.45. The van der Waals surface area contributed by atoms with Crippen LogP contribution < -0.4 is 0 Å². The van der Waals surface area contributed by atoms with Gasteiger partial charge in [0.25, 0.3) is 0 Å². The molecule has 1 nitrogen and oxygen atoms in total. The summed E-state index contributed by atoms with van der Waals surface area (Å²) in [6.07, 6.45) is -0.875. The van der Waals surface area contributed by atoms with Crippen molar-refractivity contribution in [2.75, 3.05) is 0 Å². The highest BCUT2D eigenvalue weighted by atomic mass is 35.5. The average molecular weight is 283 g/mol. The lowest BCUT2D eigenvalue weighted by Gasteiger charge is -2.14. The summed E-state index contributed by atoms with van der Waals surface area (Å²) >= 11 is 5.66. The Morgan fingerprint density at radius 3 is 2.58 bits per heavy atom. The average Bonchev–Trinajstić information content (AvgIpc) is 2.33. The van der Waals surface area contributed by atoms with Crippen molar-refractivity contribution in [2.24, 2.45) is 0 Å². The van der Waals surface area contributed by atoms with Crippen LogP contribution in [0.1, 0.15) is 22.8 Å². The van der Waals surface area contributed by atoms with Crippen LogP contribution in [-0.4, -0.2) is 5.11 Å². The Kier molecular flexibility index (Phi) is 4.17. The molecule has 0 saturated heterocycles. The minimum Gasteiger partial charge on any atom is -0.388 e. The molecule has 19 heavy (non-hydrogen) atoms. The highest BCUT2D eigenvalue weighted by Crippen LogP contribution is 2.25. The topological polar surface area (TPSA) is 20.2 Å². The number of aliphatic hydroxyl groups excluding tert-OH is 1. The lowest BCUT2D eigenvalue weighted by molar-refractivity contribution is 0.173. The molecule has 4 heteroatoms. The maximum Gasteiger partial charge on any atom is 0.130 e. The quantitative estimate of drug-likeness (QED) is 0.894. The van der Waals surface area contributed by atoms with Gasteiger partial charge in [0.1, 0.15) is 11.6 Å². The molecular formula is C15H13ClF2O. The van der Waals surface area contributed by atoms with Crippen molar-refractivity contribution in [2.45, 2.75) is 19.4 Å². The summed E-state index contributed by atoms with van der Waals surface area (Å²) in [5.74, 6) is -0.932. The molecule has 2 aromatic carbocycles. The highest BCUT2D eigenvalue weighted by molar-refractivity contribution is 6.30. The van der Waals surface area contributed by atoms with E-state index in [-0.39, 0.29) is 22.8 Å². The van der Waals surface area contributed by atoms with Gasteiger partial charge in [0.2, 0.25) is 0 Å². The summed E-state index contributed by atoms with van der Waals surface area (Å²) < 4.78 is 26.8. The maximum absolute atomic E-state index is 13.7. The Bertz CT molecular complexity index is 599. The molecule has 1 N–H and O–H groups in total. The Morgan fingerprint density at radius 1 is 1.16 bits per heavy atom. The number of aliphatic hydroxyl groups is 1. The lowest BCUT2D eigenvalue weighted by Crippen LogP contribution is -2.06. The number of benzene rings is 2. The second-order valence-electron chi connectivity index (χ2n) is 4.46. The fraction of sp³-hybridized carbons (Fsp3) is 0.200. The van der Waals surface area contributed by atoms with Crippen molar-refractivity contribution < 1.29 is 13.9 Å². The number of rotatable bonds is 3. The molecule has 0 spiro atoms. The minimum absolute atomic E-state index is 0.155. The van der Waals surface area contributed by atoms with Gasteiger partial charge in [-0.2, -0.15) is 0 Å². The van der Waals surface area contributed by atoms with Gasteiger partial charge in [-0.25, -0.2) is 8.78 Å². The number of halogens is 3. The maximum atomic E-state index is 13.7. The third-order valence-electron chi connectivity index (χ3n) is 3.05. The molecule has 0 aliphatic carbocycles. The fourth-order valence-corrected chi connectivity index (χ4v) is 2.11. The smallest absolute Gasteiger partial charge is 0.130 e. The summed E-state index contributed by atoms with van der Waals surface area (Å²) in [6, 6.07) is 8.45. The molecule has 0 bridgehead atoms. The normalized spacial score (nSPS) is 12.5. The van der Waals surface area contributed by atoms with Gasteiger partial charge < -0.3 is 5.11 Å². The van der Waals surface area contributed by atoms with Crippen LogP contribution in [0.25, 0.3) is 0 Å². The molecule has 0 fully saturated rings. The molecule has 1 unspecified atom stereocenters. The molecule has 0 aliphatic rings.